The van der Waals surface area contributed by atoms with Crippen LogP contribution in [0.15, 0.2) is 4.99 Å². The number of carbonyl (C=O) groups is 1. The SMILES string of the molecule is CCOC(=O)N1CCC(NC(=NC)NCC(CC(C)C)N(CC)CC)CC1.I. The van der Waals surface area contributed by atoms with E-state index in [9.17, 15) is 4.79 Å². The molecule has 0 aromatic heterocycles. The highest BCUT2D eigenvalue weighted by molar-refractivity contribution is 14.0. The van der Waals surface area contributed by atoms with Crippen LogP contribution < -0.4 is 10.6 Å². The summed E-state index contributed by atoms with van der Waals surface area (Å²) in [6, 6.07) is 0.836. The minimum atomic E-state index is -0.200. The van der Waals surface area contributed by atoms with Crippen LogP contribution in [0.2, 0.25) is 0 Å². The number of likely N-dealkylation sites (tertiary alicyclic amines) is 1. The summed E-state index contributed by atoms with van der Waals surface area (Å²) in [5.41, 5.74) is 0. The van der Waals surface area contributed by atoms with Gasteiger partial charge in [-0.05, 0) is 45.2 Å². The van der Waals surface area contributed by atoms with Crippen molar-refractivity contribution in [3.63, 3.8) is 0 Å². The second kappa shape index (κ2) is 15.1. The molecule has 7 nitrogen and oxygen atoms in total. The first-order valence-electron chi connectivity index (χ1n) is 10.6. The predicted octanol–water partition coefficient (Wildman–Crippen LogP) is 3.15. The van der Waals surface area contributed by atoms with Crippen LogP contribution in [0.3, 0.4) is 0 Å². The van der Waals surface area contributed by atoms with E-state index in [-0.39, 0.29) is 30.1 Å². The fourth-order valence-corrected chi connectivity index (χ4v) is 3.67. The lowest BCUT2D eigenvalue weighted by Crippen LogP contribution is -2.52. The minimum Gasteiger partial charge on any atom is -0.450 e. The molecular formula is C20H42IN5O2. The van der Waals surface area contributed by atoms with Gasteiger partial charge in [-0.15, -0.1) is 24.0 Å². The maximum atomic E-state index is 11.8. The molecule has 0 aromatic rings. The molecule has 28 heavy (non-hydrogen) atoms. The lowest BCUT2D eigenvalue weighted by Gasteiger charge is -2.34. The summed E-state index contributed by atoms with van der Waals surface area (Å²) < 4.78 is 5.08. The van der Waals surface area contributed by atoms with E-state index in [1.165, 1.54) is 6.42 Å². The van der Waals surface area contributed by atoms with Crippen LogP contribution >= 0.6 is 24.0 Å². The van der Waals surface area contributed by atoms with Crippen molar-refractivity contribution in [1.82, 2.24) is 20.4 Å². The molecule has 0 spiro atoms. The summed E-state index contributed by atoms with van der Waals surface area (Å²) in [5.74, 6) is 1.52. The highest BCUT2D eigenvalue weighted by atomic mass is 127. The Balaban J connectivity index is 0.00000729. The third kappa shape index (κ3) is 9.62. The topological polar surface area (TPSA) is 69.2 Å². The van der Waals surface area contributed by atoms with Gasteiger partial charge in [-0.2, -0.15) is 0 Å². The van der Waals surface area contributed by atoms with Crippen molar-refractivity contribution in [3.05, 3.63) is 0 Å². The van der Waals surface area contributed by atoms with Crippen LogP contribution in [0.4, 0.5) is 4.79 Å². The number of nitrogens with zero attached hydrogens (tertiary/aromatic N) is 3. The fourth-order valence-electron chi connectivity index (χ4n) is 3.67. The van der Waals surface area contributed by atoms with Crippen molar-refractivity contribution >= 4 is 36.0 Å². The van der Waals surface area contributed by atoms with E-state index < -0.39 is 0 Å². The summed E-state index contributed by atoms with van der Waals surface area (Å²) in [6.45, 7) is 15.7. The highest BCUT2D eigenvalue weighted by Gasteiger charge is 2.24. The van der Waals surface area contributed by atoms with E-state index in [0.717, 1.165) is 51.5 Å². The Kier molecular flexibility index (Phi) is 14.7. The van der Waals surface area contributed by atoms with E-state index in [4.69, 9.17) is 4.74 Å². The smallest absolute Gasteiger partial charge is 0.409 e. The summed E-state index contributed by atoms with van der Waals surface area (Å²) in [7, 11) is 1.82. The third-order valence-corrected chi connectivity index (χ3v) is 5.16. The van der Waals surface area contributed by atoms with E-state index >= 15 is 0 Å². The minimum absolute atomic E-state index is 0. The number of hydrogen-bond acceptors (Lipinski definition) is 4. The van der Waals surface area contributed by atoms with Gasteiger partial charge < -0.3 is 20.3 Å². The Morgan fingerprint density at radius 1 is 1.21 bits per heavy atom. The van der Waals surface area contributed by atoms with Crippen molar-refractivity contribution in [3.8, 4) is 0 Å². The Labute approximate surface area is 189 Å². The summed E-state index contributed by atoms with van der Waals surface area (Å²) in [4.78, 5) is 20.5. The van der Waals surface area contributed by atoms with Crippen LogP contribution in [-0.4, -0.2) is 80.3 Å². The number of guanidine groups is 1. The van der Waals surface area contributed by atoms with Crippen LogP contribution in [0, 0.1) is 5.92 Å². The number of hydrogen-bond donors (Lipinski definition) is 2. The number of ether oxygens (including phenoxy) is 1. The lowest BCUT2D eigenvalue weighted by atomic mass is 10.0. The Hall–Kier alpha value is -0.770. The Bertz CT molecular complexity index is 450. The number of carbonyl (C=O) groups excluding carboxylic acids is 1. The molecule has 1 fully saturated rings. The van der Waals surface area contributed by atoms with Gasteiger partial charge in [0.05, 0.1) is 6.61 Å². The third-order valence-electron chi connectivity index (χ3n) is 5.16. The first-order chi connectivity index (χ1) is 12.9. The van der Waals surface area contributed by atoms with E-state index in [2.05, 4.69) is 48.2 Å². The van der Waals surface area contributed by atoms with Crippen LogP contribution in [-0.2, 0) is 4.74 Å². The number of piperidine rings is 1. The Morgan fingerprint density at radius 2 is 1.82 bits per heavy atom. The van der Waals surface area contributed by atoms with Crippen molar-refractivity contribution in [1.29, 1.82) is 0 Å². The average Bonchev–Trinajstić information content (AvgIpc) is 2.66. The molecule has 0 aromatic carbocycles. The molecule has 1 aliphatic heterocycles. The second-order valence-electron chi connectivity index (χ2n) is 7.56. The molecule has 0 saturated carbocycles. The van der Waals surface area contributed by atoms with Crippen molar-refractivity contribution in [2.24, 2.45) is 10.9 Å². The average molecular weight is 511 g/mol. The van der Waals surface area contributed by atoms with Gasteiger partial charge in [0.15, 0.2) is 5.96 Å². The molecule has 0 aliphatic carbocycles. The zero-order valence-corrected chi connectivity index (χ0v) is 21.0. The maximum Gasteiger partial charge on any atom is 0.409 e. The number of likely N-dealkylation sites (N-methyl/N-ethyl adjacent to an activating group) is 1. The number of aliphatic imine (C=N–C) groups is 1. The highest BCUT2D eigenvalue weighted by Crippen LogP contribution is 2.13. The van der Waals surface area contributed by atoms with Gasteiger partial charge in [-0.1, -0.05) is 27.7 Å². The molecule has 1 aliphatic rings. The molecule has 0 radical (unpaired) electrons. The lowest BCUT2D eigenvalue weighted by molar-refractivity contribution is 0.0963. The molecular weight excluding hydrogens is 469 g/mol. The first-order valence-corrected chi connectivity index (χ1v) is 10.6. The monoisotopic (exact) mass is 511 g/mol. The van der Waals surface area contributed by atoms with Crippen LogP contribution in [0.1, 0.15) is 53.9 Å². The zero-order valence-electron chi connectivity index (χ0n) is 18.7. The molecule has 1 unspecified atom stereocenters. The van der Waals surface area contributed by atoms with Crippen molar-refractivity contribution < 1.29 is 9.53 Å². The first kappa shape index (κ1) is 27.2. The fraction of sp³-hybridized carbons (Fsp3) is 0.900. The van der Waals surface area contributed by atoms with E-state index in [1.54, 1.807) is 4.90 Å². The molecule has 166 valence electrons. The van der Waals surface area contributed by atoms with Gasteiger partial charge >= 0.3 is 6.09 Å². The number of halogens is 1. The van der Waals surface area contributed by atoms with E-state index in [0.29, 0.717) is 24.6 Å². The normalized spacial score (nSPS) is 16.7. The van der Waals surface area contributed by atoms with Crippen molar-refractivity contribution in [2.45, 2.75) is 66.0 Å². The maximum absolute atomic E-state index is 11.8. The van der Waals surface area contributed by atoms with Crippen LogP contribution in [0.5, 0.6) is 0 Å². The molecule has 1 saturated heterocycles. The number of amides is 1. The molecule has 0 bridgehead atoms. The summed E-state index contributed by atoms with van der Waals surface area (Å²) in [6.07, 6.45) is 2.79. The summed E-state index contributed by atoms with van der Waals surface area (Å²) in [5, 5.41) is 7.04. The van der Waals surface area contributed by atoms with Gasteiger partial charge in [0.2, 0.25) is 0 Å². The molecule has 8 heteroatoms. The molecule has 2 N–H and O–H groups in total. The quantitative estimate of drug-likeness (QED) is 0.283. The van der Waals surface area contributed by atoms with Gasteiger partial charge in [-0.3, -0.25) is 9.89 Å². The van der Waals surface area contributed by atoms with E-state index in [1.807, 2.05) is 14.0 Å². The predicted molar refractivity (Wildman–Crippen MR) is 128 cm³/mol. The summed E-state index contributed by atoms with van der Waals surface area (Å²) >= 11 is 0. The van der Waals surface area contributed by atoms with Gasteiger partial charge in [0.1, 0.15) is 0 Å². The standard InChI is InChI=1S/C20H41N5O2.HI/c1-7-24(8-2)18(14-16(4)5)15-22-19(21-6)23-17-10-12-25(13-11-17)20(26)27-9-3;/h16-18H,7-15H2,1-6H3,(H2,21,22,23);1H. The number of rotatable bonds is 9. The Morgan fingerprint density at radius 3 is 2.29 bits per heavy atom. The molecule has 1 amide bonds. The largest absolute Gasteiger partial charge is 0.450 e. The van der Waals surface area contributed by atoms with Crippen LogP contribution in [0.25, 0.3) is 0 Å². The number of nitrogens with one attached hydrogen (secondary N) is 2. The van der Waals surface area contributed by atoms with Gasteiger partial charge in [0.25, 0.3) is 0 Å². The second-order valence-corrected chi connectivity index (χ2v) is 7.56. The molecule has 1 heterocycles. The molecule has 1 rings (SSSR count). The van der Waals surface area contributed by atoms with Gasteiger partial charge in [0, 0.05) is 38.8 Å². The van der Waals surface area contributed by atoms with Crippen molar-refractivity contribution in [2.75, 3.05) is 46.4 Å². The molecule has 1 atom stereocenters. The van der Waals surface area contributed by atoms with Gasteiger partial charge in [-0.25, -0.2) is 4.79 Å². The zero-order chi connectivity index (χ0) is 20.2.